The Bertz CT molecular complexity index is 664. The Balaban J connectivity index is 2.53. The minimum atomic E-state index is -0.990. The minimum absolute atomic E-state index is 0.0177. The van der Waals surface area contributed by atoms with E-state index in [9.17, 15) is 8.78 Å². The summed E-state index contributed by atoms with van der Waals surface area (Å²) in [6.45, 7) is 0. The van der Waals surface area contributed by atoms with Crippen LogP contribution in [0.5, 0.6) is 11.5 Å². The molecule has 2 N–H and O–H groups in total. The van der Waals surface area contributed by atoms with Gasteiger partial charge in [0.2, 0.25) is 0 Å². The van der Waals surface area contributed by atoms with E-state index in [2.05, 4.69) is 0 Å². The van der Waals surface area contributed by atoms with Gasteiger partial charge in [0.1, 0.15) is 0 Å². The Morgan fingerprint density at radius 1 is 1.05 bits per heavy atom. The van der Waals surface area contributed by atoms with Gasteiger partial charge in [0.15, 0.2) is 23.1 Å². The van der Waals surface area contributed by atoms with Gasteiger partial charge in [0.25, 0.3) is 0 Å². The fourth-order valence-electron chi connectivity index (χ4n) is 2.04. The van der Waals surface area contributed by atoms with Crippen LogP contribution < -0.4 is 15.2 Å². The molecule has 0 aliphatic heterocycles. The van der Waals surface area contributed by atoms with Gasteiger partial charge >= 0.3 is 0 Å². The number of halogens is 3. The highest BCUT2D eigenvalue weighted by molar-refractivity contribution is 6.31. The van der Waals surface area contributed by atoms with Gasteiger partial charge in [-0.3, -0.25) is 0 Å². The van der Waals surface area contributed by atoms with Gasteiger partial charge in [-0.25, -0.2) is 8.78 Å². The summed E-state index contributed by atoms with van der Waals surface area (Å²) in [5.41, 5.74) is 6.45. The van der Waals surface area contributed by atoms with Gasteiger partial charge < -0.3 is 15.2 Å². The maximum atomic E-state index is 13.8. The van der Waals surface area contributed by atoms with Crippen LogP contribution in [0.1, 0.15) is 17.2 Å². The average Bonchev–Trinajstić information content (AvgIpc) is 2.49. The zero-order valence-electron chi connectivity index (χ0n) is 11.5. The molecular weight excluding hydrogens is 300 g/mol. The smallest absolute Gasteiger partial charge is 0.163 e. The normalized spacial score (nSPS) is 12.1. The van der Waals surface area contributed by atoms with Crippen LogP contribution in [0.3, 0.4) is 0 Å². The van der Waals surface area contributed by atoms with Gasteiger partial charge in [-0.1, -0.05) is 23.7 Å². The molecule has 0 aliphatic rings. The second-order valence-electron chi connectivity index (χ2n) is 4.35. The van der Waals surface area contributed by atoms with Gasteiger partial charge in [-0.15, -0.1) is 0 Å². The number of hydrogen-bond acceptors (Lipinski definition) is 3. The summed E-state index contributed by atoms with van der Waals surface area (Å²) in [6, 6.07) is 5.98. The fraction of sp³-hybridized carbons (Fsp3) is 0.200. The SMILES string of the molecule is COc1cc(Cl)c(C(N)c2cccc(F)c2F)cc1OC. The third-order valence-electron chi connectivity index (χ3n) is 3.15. The van der Waals surface area contributed by atoms with Crippen molar-refractivity contribution in [2.75, 3.05) is 14.2 Å². The number of methoxy groups -OCH3 is 2. The van der Waals surface area contributed by atoms with Crippen LogP contribution in [0.4, 0.5) is 8.78 Å². The quantitative estimate of drug-likeness (QED) is 0.936. The fourth-order valence-corrected chi connectivity index (χ4v) is 2.31. The molecule has 0 saturated carbocycles. The molecule has 0 spiro atoms. The van der Waals surface area contributed by atoms with Crippen LogP contribution in [-0.2, 0) is 0 Å². The zero-order chi connectivity index (χ0) is 15.6. The molecule has 0 fully saturated rings. The molecule has 0 amide bonds. The molecule has 1 unspecified atom stereocenters. The van der Waals surface area contributed by atoms with Crippen molar-refractivity contribution in [3.05, 3.63) is 58.1 Å². The first kappa shape index (κ1) is 15.5. The molecule has 2 aromatic carbocycles. The first-order valence-electron chi connectivity index (χ1n) is 6.10. The lowest BCUT2D eigenvalue weighted by Crippen LogP contribution is -2.15. The maximum Gasteiger partial charge on any atom is 0.163 e. The highest BCUT2D eigenvalue weighted by Crippen LogP contribution is 2.37. The molecule has 0 bridgehead atoms. The van der Waals surface area contributed by atoms with E-state index in [1.165, 1.54) is 32.4 Å². The molecule has 0 radical (unpaired) electrons. The van der Waals surface area contributed by atoms with Crippen LogP contribution in [-0.4, -0.2) is 14.2 Å². The summed E-state index contributed by atoms with van der Waals surface area (Å²) in [4.78, 5) is 0. The Kier molecular flexibility index (Phi) is 4.65. The van der Waals surface area contributed by atoms with Crippen molar-refractivity contribution in [3.63, 3.8) is 0 Å². The number of rotatable bonds is 4. The largest absolute Gasteiger partial charge is 0.493 e. The van der Waals surface area contributed by atoms with Crippen molar-refractivity contribution in [2.45, 2.75) is 6.04 Å². The molecule has 21 heavy (non-hydrogen) atoms. The van der Waals surface area contributed by atoms with E-state index in [-0.39, 0.29) is 10.6 Å². The minimum Gasteiger partial charge on any atom is -0.493 e. The predicted molar refractivity (Wildman–Crippen MR) is 76.9 cm³/mol. The van der Waals surface area contributed by atoms with Gasteiger partial charge in [-0.2, -0.15) is 0 Å². The van der Waals surface area contributed by atoms with Crippen molar-refractivity contribution in [1.82, 2.24) is 0 Å². The highest BCUT2D eigenvalue weighted by Gasteiger charge is 2.21. The number of nitrogens with two attached hydrogens (primary N) is 1. The van der Waals surface area contributed by atoms with Crippen molar-refractivity contribution in [2.24, 2.45) is 5.73 Å². The molecule has 0 heterocycles. The van der Waals surface area contributed by atoms with Crippen LogP contribution in [0.2, 0.25) is 5.02 Å². The molecule has 6 heteroatoms. The Morgan fingerprint density at radius 2 is 1.67 bits per heavy atom. The molecule has 2 rings (SSSR count). The van der Waals surface area contributed by atoms with Crippen molar-refractivity contribution in [1.29, 1.82) is 0 Å². The third-order valence-corrected chi connectivity index (χ3v) is 3.48. The van der Waals surface area contributed by atoms with E-state index >= 15 is 0 Å². The average molecular weight is 314 g/mol. The summed E-state index contributed by atoms with van der Waals surface area (Å²) in [5.74, 6) is -1.11. The van der Waals surface area contributed by atoms with Crippen molar-refractivity contribution in [3.8, 4) is 11.5 Å². The van der Waals surface area contributed by atoms with Crippen molar-refractivity contribution >= 4 is 11.6 Å². The van der Waals surface area contributed by atoms with Crippen LogP contribution in [0, 0.1) is 11.6 Å². The monoisotopic (exact) mass is 313 g/mol. The molecule has 0 aliphatic carbocycles. The van der Waals surface area contributed by atoms with E-state index in [0.717, 1.165) is 6.07 Å². The lowest BCUT2D eigenvalue weighted by Gasteiger charge is -2.18. The predicted octanol–water partition coefficient (Wildman–Crippen LogP) is 3.68. The molecule has 3 nitrogen and oxygen atoms in total. The van der Waals surface area contributed by atoms with Gasteiger partial charge in [0.05, 0.1) is 20.3 Å². The first-order valence-corrected chi connectivity index (χ1v) is 6.48. The second-order valence-corrected chi connectivity index (χ2v) is 4.76. The molecule has 1 atom stereocenters. The Morgan fingerprint density at radius 3 is 2.29 bits per heavy atom. The Hall–Kier alpha value is -1.85. The lowest BCUT2D eigenvalue weighted by molar-refractivity contribution is 0.354. The van der Waals surface area contributed by atoms with Gasteiger partial charge in [0, 0.05) is 16.7 Å². The van der Waals surface area contributed by atoms with E-state index in [1.807, 2.05) is 0 Å². The lowest BCUT2D eigenvalue weighted by atomic mass is 9.98. The van der Waals surface area contributed by atoms with Crippen molar-refractivity contribution < 1.29 is 18.3 Å². The van der Waals surface area contributed by atoms with Crippen LogP contribution in [0.25, 0.3) is 0 Å². The second kappa shape index (κ2) is 6.28. The standard InChI is InChI=1S/C15H14ClF2NO2/c1-20-12-6-9(10(16)7-13(12)21-2)15(19)8-4-3-5-11(17)14(8)18/h3-7,15H,19H2,1-2H3. The summed E-state index contributed by atoms with van der Waals surface area (Å²) in [5, 5.41) is 0.281. The third kappa shape index (κ3) is 2.94. The van der Waals surface area contributed by atoms with E-state index in [1.54, 1.807) is 6.07 Å². The number of hydrogen-bond donors (Lipinski definition) is 1. The summed E-state index contributed by atoms with van der Waals surface area (Å²) < 4.78 is 37.4. The summed E-state index contributed by atoms with van der Waals surface area (Å²) >= 11 is 6.14. The van der Waals surface area contributed by atoms with E-state index in [4.69, 9.17) is 26.8 Å². The number of ether oxygens (including phenoxy) is 2. The molecule has 112 valence electrons. The zero-order valence-corrected chi connectivity index (χ0v) is 12.2. The highest BCUT2D eigenvalue weighted by atomic mass is 35.5. The van der Waals surface area contributed by atoms with Gasteiger partial charge in [-0.05, 0) is 17.7 Å². The van der Waals surface area contributed by atoms with Crippen LogP contribution >= 0.6 is 11.6 Å². The van der Waals surface area contributed by atoms with Crippen LogP contribution in [0.15, 0.2) is 30.3 Å². The van der Waals surface area contributed by atoms with E-state index in [0.29, 0.717) is 17.1 Å². The summed E-state index contributed by atoms with van der Waals surface area (Å²) in [6.07, 6.45) is 0. The first-order chi connectivity index (χ1) is 9.99. The van der Waals surface area contributed by atoms with E-state index < -0.39 is 17.7 Å². The Labute approximate surface area is 126 Å². The topological polar surface area (TPSA) is 44.5 Å². The molecule has 0 aromatic heterocycles. The number of benzene rings is 2. The summed E-state index contributed by atoms with van der Waals surface area (Å²) in [7, 11) is 2.93. The maximum absolute atomic E-state index is 13.8. The molecule has 0 saturated heterocycles. The molecule has 2 aromatic rings. The molecular formula is C15H14ClF2NO2.